The topological polar surface area (TPSA) is 65.2 Å². The number of para-hydroxylation sites is 1. The quantitative estimate of drug-likeness (QED) is 0.454. The standard InChI is InChI=1S/C27H25N3O2/c1-17-11-13-19(14-12-17)29-24(31)15-16-30-26(20-7-3-4-8-21(20)27(30)32)25-18(2)28-23-10-6-5-9-22(23)25/h3-14,26,28H,15-16H2,1-2H3,(H,29,31)/t26-/m1/s1. The Kier molecular flexibility index (Phi) is 5.02. The van der Waals surface area contributed by atoms with Crippen molar-refractivity contribution in [1.82, 2.24) is 9.88 Å². The first kappa shape index (κ1) is 20.1. The molecule has 5 nitrogen and oxygen atoms in total. The smallest absolute Gasteiger partial charge is 0.255 e. The average molecular weight is 424 g/mol. The van der Waals surface area contributed by atoms with Crippen LogP contribution in [0.5, 0.6) is 0 Å². The number of hydrogen-bond donors (Lipinski definition) is 2. The Labute approximate surface area is 187 Å². The van der Waals surface area contributed by atoms with Crippen LogP contribution in [0.15, 0.2) is 72.8 Å². The van der Waals surface area contributed by atoms with E-state index in [4.69, 9.17) is 0 Å². The van der Waals surface area contributed by atoms with Crippen molar-refractivity contribution in [3.8, 4) is 0 Å². The molecule has 0 aliphatic carbocycles. The van der Waals surface area contributed by atoms with Gasteiger partial charge in [-0.3, -0.25) is 9.59 Å². The van der Waals surface area contributed by atoms with Crippen LogP contribution >= 0.6 is 0 Å². The van der Waals surface area contributed by atoms with Crippen molar-refractivity contribution in [2.24, 2.45) is 0 Å². The number of fused-ring (bicyclic) bond motifs is 2. The van der Waals surface area contributed by atoms with E-state index in [1.165, 1.54) is 0 Å². The van der Waals surface area contributed by atoms with Crippen LogP contribution in [0.3, 0.4) is 0 Å². The van der Waals surface area contributed by atoms with Gasteiger partial charge in [0, 0.05) is 46.4 Å². The lowest BCUT2D eigenvalue weighted by Gasteiger charge is -2.26. The number of aryl methyl sites for hydroxylation is 2. The van der Waals surface area contributed by atoms with Gasteiger partial charge in [-0.1, -0.05) is 54.1 Å². The molecule has 2 heterocycles. The highest BCUT2D eigenvalue weighted by Gasteiger charge is 2.39. The molecule has 0 saturated heterocycles. The predicted molar refractivity (Wildman–Crippen MR) is 127 cm³/mol. The lowest BCUT2D eigenvalue weighted by Crippen LogP contribution is -2.32. The number of hydrogen-bond acceptors (Lipinski definition) is 2. The zero-order valence-corrected chi connectivity index (χ0v) is 18.2. The van der Waals surface area contributed by atoms with Crippen LogP contribution in [0.25, 0.3) is 10.9 Å². The van der Waals surface area contributed by atoms with E-state index in [-0.39, 0.29) is 24.3 Å². The molecule has 0 fully saturated rings. The van der Waals surface area contributed by atoms with Gasteiger partial charge in [-0.15, -0.1) is 0 Å². The van der Waals surface area contributed by atoms with Crippen LogP contribution in [0, 0.1) is 13.8 Å². The molecule has 5 heteroatoms. The summed E-state index contributed by atoms with van der Waals surface area (Å²) in [4.78, 5) is 31.3. The zero-order chi connectivity index (χ0) is 22.2. The van der Waals surface area contributed by atoms with Gasteiger partial charge >= 0.3 is 0 Å². The summed E-state index contributed by atoms with van der Waals surface area (Å²) in [7, 11) is 0. The minimum Gasteiger partial charge on any atom is -0.358 e. The van der Waals surface area contributed by atoms with Crippen LogP contribution in [-0.2, 0) is 4.79 Å². The lowest BCUT2D eigenvalue weighted by atomic mass is 9.95. The fourth-order valence-electron chi connectivity index (χ4n) is 4.65. The molecule has 0 saturated carbocycles. The monoisotopic (exact) mass is 423 g/mol. The number of benzene rings is 3. The molecule has 2 N–H and O–H groups in total. The lowest BCUT2D eigenvalue weighted by molar-refractivity contribution is -0.116. The maximum absolute atomic E-state index is 13.3. The summed E-state index contributed by atoms with van der Waals surface area (Å²) in [5.74, 6) is -0.134. The normalized spacial score (nSPS) is 15.2. The molecule has 5 rings (SSSR count). The first-order valence-corrected chi connectivity index (χ1v) is 10.9. The SMILES string of the molecule is Cc1ccc(NC(=O)CCN2C(=O)c3ccccc3[C@@H]2c2c(C)[nH]c3ccccc23)cc1. The van der Waals surface area contributed by atoms with Gasteiger partial charge < -0.3 is 15.2 Å². The number of aromatic amines is 1. The fourth-order valence-corrected chi connectivity index (χ4v) is 4.65. The van der Waals surface area contributed by atoms with Crippen molar-refractivity contribution in [2.45, 2.75) is 26.3 Å². The van der Waals surface area contributed by atoms with Gasteiger partial charge in [0.1, 0.15) is 0 Å². The number of amides is 2. The third-order valence-corrected chi connectivity index (χ3v) is 6.19. The van der Waals surface area contributed by atoms with Crippen molar-refractivity contribution in [3.05, 3.63) is 101 Å². The third kappa shape index (κ3) is 3.46. The Morgan fingerprint density at radius 3 is 2.50 bits per heavy atom. The number of nitrogens with zero attached hydrogens (tertiary/aromatic N) is 1. The Bertz CT molecular complexity index is 1320. The molecule has 1 atom stereocenters. The highest BCUT2D eigenvalue weighted by molar-refractivity contribution is 6.01. The van der Waals surface area contributed by atoms with E-state index in [1.807, 2.05) is 85.5 Å². The first-order chi connectivity index (χ1) is 15.5. The second-order valence-electron chi connectivity index (χ2n) is 8.36. The van der Waals surface area contributed by atoms with E-state index >= 15 is 0 Å². The number of carbonyl (C=O) groups is 2. The molecule has 4 aromatic rings. The van der Waals surface area contributed by atoms with E-state index in [1.54, 1.807) is 0 Å². The Hall–Kier alpha value is -3.86. The van der Waals surface area contributed by atoms with E-state index < -0.39 is 0 Å². The highest BCUT2D eigenvalue weighted by Crippen LogP contribution is 2.42. The maximum atomic E-state index is 13.3. The number of nitrogens with one attached hydrogen (secondary N) is 2. The van der Waals surface area contributed by atoms with Gasteiger partial charge in [0.25, 0.3) is 5.91 Å². The van der Waals surface area contributed by atoms with Gasteiger partial charge in [-0.2, -0.15) is 0 Å². The Morgan fingerprint density at radius 1 is 0.969 bits per heavy atom. The van der Waals surface area contributed by atoms with Crippen LogP contribution in [0.1, 0.15) is 45.2 Å². The third-order valence-electron chi connectivity index (χ3n) is 6.19. The summed E-state index contributed by atoms with van der Waals surface area (Å²) < 4.78 is 0. The molecule has 160 valence electrons. The van der Waals surface area contributed by atoms with Crippen molar-refractivity contribution in [2.75, 3.05) is 11.9 Å². The molecule has 0 radical (unpaired) electrons. The summed E-state index contributed by atoms with van der Waals surface area (Å²) in [6.45, 7) is 4.40. The Balaban J connectivity index is 1.45. The van der Waals surface area contributed by atoms with E-state index in [9.17, 15) is 9.59 Å². The molecule has 1 aliphatic rings. The molecule has 1 aromatic heterocycles. The van der Waals surface area contributed by atoms with Crippen molar-refractivity contribution >= 4 is 28.4 Å². The second-order valence-corrected chi connectivity index (χ2v) is 8.36. The molecule has 1 aliphatic heterocycles. The number of rotatable bonds is 5. The van der Waals surface area contributed by atoms with Gasteiger partial charge in [0.2, 0.25) is 5.91 Å². The van der Waals surface area contributed by atoms with Crippen molar-refractivity contribution in [1.29, 1.82) is 0 Å². The number of carbonyl (C=O) groups excluding carboxylic acids is 2. The number of anilines is 1. The second kappa shape index (κ2) is 8.00. The molecular formula is C27H25N3O2. The summed E-state index contributed by atoms with van der Waals surface area (Å²) in [6, 6.07) is 23.4. The van der Waals surface area contributed by atoms with Crippen LogP contribution in [0.4, 0.5) is 5.69 Å². The minimum atomic E-state index is -0.220. The van der Waals surface area contributed by atoms with Crippen molar-refractivity contribution in [3.63, 3.8) is 0 Å². The summed E-state index contributed by atoms with van der Waals surface area (Å²) in [5, 5.41) is 4.04. The van der Waals surface area contributed by atoms with E-state index in [0.29, 0.717) is 12.1 Å². The molecule has 0 bridgehead atoms. The van der Waals surface area contributed by atoms with Gasteiger partial charge in [0.15, 0.2) is 0 Å². The summed E-state index contributed by atoms with van der Waals surface area (Å²) >= 11 is 0. The Morgan fingerprint density at radius 2 is 1.69 bits per heavy atom. The van der Waals surface area contributed by atoms with Crippen LogP contribution < -0.4 is 5.32 Å². The minimum absolute atomic E-state index is 0.0292. The molecule has 32 heavy (non-hydrogen) atoms. The van der Waals surface area contributed by atoms with Crippen molar-refractivity contribution < 1.29 is 9.59 Å². The van der Waals surface area contributed by atoms with Gasteiger partial charge in [-0.05, 0) is 43.7 Å². The molecule has 3 aromatic carbocycles. The van der Waals surface area contributed by atoms with E-state index in [2.05, 4.69) is 16.4 Å². The average Bonchev–Trinajstić information content (AvgIpc) is 3.27. The molecule has 2 amide bonds. The maximum Gasteiger partial charge on any atom is 0.255 e. The molecular weight excluding hydrogens is 398 g/mol. The summed E-state index contributed by atoms with van der Waals surface area (Å²) in [6.07, 6.45) is 0.228. The van der Waals surface area contributed by atoms with Crippen LogP contribution in [-0.4, -0.2) is 28.2 Å². The van der Waals surface area contributed by atoms with E-state index in [0.717, 1.165) is 39.0 Å². The largest absolute Gasteiger partial charge is 0.358 e. The molecule has 0 unspecified atom stereocenters. The predicted octanol–water partition coefficient (Wildman–Crippen LogP) is 5.36. The van der Waals surface area contributed by atoms with Gasteiger partial charge in [-0.25, -0.2) is 0 Å². The summed E-state index contributed by atoms with van der Waals surface area (Å²) in [5.41, 5.74) is 6.79. The number of H-pyrrole nitrogens is 1. The van der Waals surface area contributed by atoms with Crippen LogP contribution in [0.2, 0.25) is 0 Å². The molecule has 0 spiro atoms. The zero-order valence-electron chi connectivity index (χ0n) is 18.2. The number of aromatic nitrogens is 1. The fraction of sp³-hybridized carbons (Fsp3) is 0.185. The van der Waals surface area contributed by atoms with Gasteiger partial charge in [0.05, 0.1) is 6.04 Å². The first-order valence-electron chi connectivity index (χ1n) is 10.9. The highest BCUT2D eigenvalue weighted by atomic mass is 16.2.